The smallest absolute Gasteiger partial charge is 0.184 e. The lowest BCUT2D eigenvalue weighted by Gasteiger charge is -2.16. The van der Waals surface area contributed by atoms with Crippen LogP contribution < -0.4 is 0 Å². The highest BCUT2D eigenvalue weighted by Gasteiger charge is 2.13. The summed E-state index contributed by atoms with van der Waals surface area (Å²) in [7, 11) is -1.38. The highest BCUT2D eigenvalue weighted by molar-refractivity contribution is 6.69. The average Bonchev–Trinajstić information content (AvgIpc) is 2.02. The van der Waals surface area contributed by atoms with Gasteiger partial charge in [0.15, 0.2) is 8.32 Å². The Bertz CT molecular complexity index is 230. The quantitative estimate of drug-likeness (QED) is 0.668. The van der Waals surface area contributed by atoms with E-state index in [1.54, 1.807) is 6.20 Å². The Morgan fingerprint density at radius 1 is 1.33 bits per heavy atom. The molecule has 0 amide bonds. The van der Waals surface area contributed by atoms with E-state index in [9.17, 15) is 0 Å². The molecule has 12 heavy (non-hydrogen) atoms. The summed E-state index contributed by atoms with van der Waals surface area (Å²) in [6.45, 7) is 7.18. The maximum Gasteiger partial charge on any atom is 0.184 e. The summed E-state index contributed by atoms with van der Waals surface area (Å²) in [6, 6.07) is 5.88. The van der Waals surface area contributed by atoms with Crippen LogP contribution >= 0.6 is 0 Å². The molecule has 0 N–H and O–H groups in total. The number of hydrogen-bond acceptors (Lipinski definition) is 2. The van der Waals surface area contributed by atoms with Crippen molar-refractivity contribution in [2.45, 2.75) is 26.2 Å². The largest absolute Gasteiger partial charge is 0.412 e. The van der Waals surface area contributed by atoms with E-state index in [-0.39, 0.29) is 0 Å². The van der Waals surface area contributed by atoms with E-state index < -0.39 is 8.32 Å². The summed E-state index contributed by atoms with van der Waals surface area (Å²) in [5.74, 6) is 0. The minimum atomic E-state index is -1.38. The molecule has 0 atom stereocenters. The van der Waals surface area contributed by atoms with E-state index >= 15 is 0 Å². The first kappa shape index (κ1) is 9.42. The first-order valence-electron chi connectivity index (χ1n) is 4.12. The Balaban J connectivity index is 2.44. The van der Waals surface area contributed by atoms with Crippen LogP contribution in [0.2, 0.25) is 19.6 Å². The Morgan fingerprint density at radius 3 is 2.58 bits per heavy atom. The standard InChI is InChI=1S/C9H15NOSi/c1-12(2,3)11-8-9-6-4-5-7-10-9/h4-7H,8H2,1-3H3. The summed E-state index contributed by atoms with van der Waals surface area (Å²) < 4.78 is 5.69. The third-order valence-corrected chi connectivity index (χ3v) is 2.39. The summed E-state index contributed by atoms with van der Waals surface area (Å²) in [5.41, 5.74) is 1.01. The molecule has 66 valence electrons. The van der Waals surface area contributed by atoms with Crippen LogP contribution in [-0.4, -0.2) is 13.3 Å². The SMILES string of the molecule is C[Si](C)(C)OCc1ccccn1. The van der Waals surface area contributed by atoms with E-state index in [2.05, 4.69) is 24.6 Å². The van der Waals surface area contributed by atoms with Gasteiger partial charge < -0.3 is 4.43 Å². The fourth-order valence-electron chi connectivity index (χ4n) is 0.774. The van der Waals surface area contributed by atoms with Crippen LogP contribution in [0, 0.1) is 0 Å². The van der Waals surface area contributed by atoms with E-state index in [1.807, 2.05) is 18.2 Å². The van der Waals surface area contributed by atoms with Gasteiger partial charge in [-0.2, -0.15) is 0 Å². The topological polar surface area (TPSA) is 22.1 Å². The predicted molar refractivity (Wildman–Crippen MR) is 52.4 cm³/mol. The lowest BCUT2D eigenvalue weighted by atomic mass is 10.4. The maximum atomic E-state index is 5.69. The Kier molecular flexibility index (Phi) is 3.00. The number of nitrogens with zero attached hydrogens (tertiary/aromatic N) is 1. The molecule has 0 bridgehead atoms. The van der Waals surface area contributed by atoms with Crippen LogP contribution in [0.15, 0.2) is 24.4 Å². The zero-order valence-corrected chi connectivity index (χ0v) is 8.87. The minimum Gasteiger partial charge on any atom is -0.412 e. The van der Waals surface area contributed by atoms with Crippen molar-refractivity contribution in [3.8, 4) is 0 Å². The first-order chi connectivity index (χ1) is 5.58. The molecule has 1 rings (SSSR count). The van der Waals surface area contributed by atoms with Gasteiger partial charge in [-0.05, 0) is 31.8 Å². The molecule has 1 aromatic heterocycles. The molecule has 0 saturated carbocycles. The Morgan fingerprint density at radius 2 is 2.08 bits per heavy atom. The predicted octanol–water partition coefficient (Wildman–Crippen LogP) is 2.43. The molecule has 0 spiro atoms. The van der Waals surface area contributed by atoms with Crippen LogP contribution in [0.4, 0.5) is 0 Å². The lowest BCUT2D eigenvalue weighted by Crippen LogP contribution is -2.25. The maximum absolute atomic E-state index is 5.69. The zero-order chi connectivity index (χ0) is 9.03. The molecule has 0 radical (unpaired) electrons. The molecular formula is C9H15NOSi. The third-order valence-electron chi connectivity index (χ3n) is 1.38. The number of rotatable bonds is 3. The van der Waals surface area contributed by atoms with Gasteiger partial charge in [0.25, 0.3) is 0 Å². The molecular weight excluding hydrogens is 166 g/mol. The molecule has 2 nitrogen and oxygen atoms in total. The first-order valence-corrected chi connectivity index (χ1v) is 7.53. The van der Waals surface area contributed by atoms with Crippen molar-refractivity contribution in [1.29, 1.82) is 0 Å². The zero-order valence-electron chi connectivity index (χ0n) is 7.87. The molecule has 0 unspecified atom stereocenters. The van der Waals surface area contributed by atoms with Crippen LogP contribution in [-0.2, 0) is 11.0 Å². The van der Waals surface area contributed by atoms with Crippen molar-refractivity contribution < 1.29 is 4.43 Å². The normalized spacial score (nSPS) is 11.6. The van der Waals surface area contributed by atoms with Crippen LogP contribution in [0.25, 0.3) is 0 Å². The van der Waals surface area contributed by atoms with Crippen molar-refractivity contribution in [2.24, 2.45) is 0 Å². The van der Waals surface area contributed by atoms with Crippen molar-refractivity contribution >= 4 is 8.32 Å². The Labute approximate surface area is 74.7 Å². The second-order valence-corrected chi connectivity index (χ2v) is 8.24. The van der Waals surface area contributed by atoms with Crippen molar-refractivity contribution in [1.82, 2.24) is 4.98 Å². The van der Waals surface area contributed by atoms with E-state index in [0.717, 1.165) is 5.69 Å². The molecule has 0 aliphatic rings. The van der Waals surface area contributed by atoms with Gasteiger partial charge in [-0.15, -0.1) is 0 Å². The van der Waals surface area contributed by atoms with Crippen LogP contribution in [0.1, 0.15) is 5.69 Å². The van der Waals surface area contributed by atoms with E-state index in [1.165, 1.54) is 0 Å². The molecule has 3 heteroatoms. The highest BCUT2D eigenvalue weighted by Crippen LogP contribution is 2.06. The van der Waals surface area contributed by atoms with Crippen LogP contribution in [0.3, 0.4) is 0 Å². The van der Waals surface area contributed by atoms with Crippen molar-refractivity contribution in [3.05, 3.63) is 30.1 Å². The molecule has 0 saturated heterocycles. The van der Waals surface area contributed by atoms with Crippen molar-refractivity contribution in [2.75, 3.05) is 0 Å². The van der Waals surface area contributed by atoms with E-state index in [4.69, 9.17) is 4.43 Å². The fourth-order valence-corrected chi connectivity index (χ4v) is 1.35. The highest BCUT2D eigenvalue weighted by atomic mass is 28.4. The van der Waals surface area contributed by atoms with Gasteiger partial charge in [0.05, 0.1) is 12.3 Å². The van der Waals surface area contributed by atoms with Crippen molar-refractivity contribution in [3.63, 3.8) is 0 Å². The lowest BCUT2D eigenvalue weighted by molar-refractivity contribution is 0.294. The molecule has 0 fully saturated rings. The summed E-state index contributed by atoms with van der Waals surface area (Å²) in [5, 5.41) is 0. The Hall–Kier alpha value is -0.673. The molecule has 1 aromatic rings. The average molecular weight is 181 g/mol. The number of pyridine rings is 1. The molecule has 1 heterocycles. The summed E-state index contributed by atoms with van der Waals surface area (Å²) in [6.07, 6.45) is 1.79. The second-order valence-electron chi connectivity index (χ2n) is 3.72. The molecule has 0 aliphatic heterocycles. The van der Waals surface area contributed by atoms with Gasteiger partial charge in [0.1, 0.15) is 0 Å². The van der Waals surface area contributed by atoms with Gasteiger partial charge >= 0.3 is 0 Å². The third kappa shape index (κ3) is 3.64. The van der Waals surface area contributed by atoms with Gasteiger partial charge in [0.2, 0.25) is 0 Å². The van der Waals surface area contributed by atoms with Gasteiger partial charge in [0, 0.05) is 6.20 Å². The number of hydrogen-bond donors (Lipinski definition) is 0. The van der Waals surface area contributed by atoms with E-state index in [0.29, 0.717) is 6.61 Å². The van der Waals surface area contributed by atoms with Gasteiger partial charge in [-0.25, -0.2) is 0 Å². The molecule has 0 aliphatic carbocycles. The second kappa shape index (κ2) is 3.82. The van der Waals surface area contributed by atoms with Gasteiger partial charge in [-0.3, -0.25) is 4.98 Å². The van der Waals surface area contributed by atoms with Crippen LogP contribution in [0.5, 0.6) is 0 Å². The summed E-state index contributed by atoms with van der Waals surface area (Å²) >= 11 is 0. The molecule has 0 aromatic carbocycles. The number of aromatic nitrogens is 1. The van der Waals surface area contributed by atoms with Gasteiger partial charge in [-0.1, -0.05) is 6.07 Å². The minimum absolute atomic E-state index is 0.649. The summed E-state index contributed by atoms with van der Waals surface area (Å²) in [4.78, 5) is 4.18. The fraction of sp³-hybridized carbons (Fsp3) is 0.444. The monoisotopic (exact) mass is 181 g/mol.